The number of hydrogen-bond donors (Lipinski definition) is 3. The number of nitrogens with one attached hydrogen (secondary N) is 3. The van der Waals surface area contributed by atoms with Gasteiger partial charge in [0.1, 0.15) is 5.75 Å². The fourth-order valence-electron chi connectivity index (χ4n) is 3.16. The van der Waals surface area contributed by atoms with E-state index in [0.29, 0.717) is 11.3 Å². The molecule has 3 rings (SSSR count). The van der Waals surface area contributed by atoms with E-state index in [9.17, 15) is 22.8 Å². The zero-order valence-electron chi connectivity index (χ0n) is 15.6. The predicted molar refractivity (Wildman–Crippen MR) is 100 cm³/mol. The van der Waals surface area contributed by atoms with E-state index in [1.807, 2.05) is 0 Å². The number of amides is 3. The molecule has 1 aliphatic rings. The van der Waals surface area contributed by atoms with Crippen molar-refractivity contribution < 1.29 is 27.5 Å². The maximum absolute atomic E-state index is 13.3. The predicted octanol–water partition coefficient (Wildman–Crippen LogP) is 3.98. The molecular formula is C20H18F3N3O3. The van der Waals surface area contributed by atoms with Gasteiger partial charge in [-0.05, 0) is 25.1 Å². The Morgan fingerprint density at radius 2 is 1.76 bits per heavy atom. The fourth-order valence-corrected chi connectivity index (χ4v) is 3.16. The molecule has 2 aromatic rings. The van der Waals surface area contributed by atoms with Crippen molar-refractivity contribution in [2.75, 3.05) is 12.4 Å². The van der Waals surface area contributed by atoms with Crippen LogP contribution in [0, 0.1) is 0 Å². The van der Waals surface area contributed by atoms with Crippen LogP contribution in [0.3, 0.4) is 0 Å². The van der Waals surface area contributed by atoms with Crippen LogP contribution in [0.5, 0.6) is 5.75 Å². The molecule has 29 heavy (non-hydrogen) atoms. The first kappa shape index (κ1) is 20.2. The number of benzene rings is 2. The second kappa shape index (κ2) is 7.86. The van der Waals surface area contributed by atoms with Crippen LogP contribution in [0.15, 0.2) is 59.8 Å². The third-order valence-corrected chi connectivity index (χ3v) is 4.44. The molecule has 1 aliphatic heterocycles. The number of alkyl halides is 3. The molecule has 0 aromatic heterocycles. The van der Waals surface area contributed by atoms with E-state index in [1.165, 1.54) is 32.2 Å². The van der Waals surface area contributed by atoms with Gasteiger partial charge in [0.15, 0.2) is 0 Å². The number of carbonyl (C=O) groups excluding carboxylic acids is 2. The number of methoxy groups -OCH3 is 1. The molecule has 3 amide bonds. The van der Waals surface area contributed by atoms with Crippen LogP contribution < -0.4 is 20.7 Å². The molecule has 152 valence electrons. The van der Waals surface area contributed by atoms with Crippen LogP contribution in [-0.2, 0) is 11.0 Å². The van der Waals surface area contributed by atoms with Crippen molar-refractivity contribution in [1.82, 2.24) is 10.6 Å². The number of allylic oxidation sites excluding steroid dienone is 1. The number of ether oxygens (including phenoxy) is 1. The molecule has 6 nitrogen and oxygen atoms in total. The standard InChI is InChI=1S/C20H18F3N3O3/c1-11-16(18(27)25-14-9-5-4-8-13(14)20(21,22)23)17(26-19(28)24-11)12-7-3-6-10-15(12)29-2/h3-10,17H,1-2H3,(H,25,27)(H2,24,26,28)/t17-/m1/s1. The molecule has 0 radical (unpaired) electrons. The molecule has 0 bridgehead atoms. The number of urea groups is 1. The largest absolute Gasteiger partial charge is 0.496 e. The van der Waals surface area contributed by atoms with Gasteiger partial charge in [-0.25, -0.2) is 4.79 Å². The highest BCUT2D eigenvalue weighted by atomic mass is 19.4. The first-order valence-corrected chi connectivity index (χ1v) is 8.61. The van der Waals surface area contributed by atoms with Gasteiger partial charge in [0, 0.05) is 11.3 Å². The van der Waals surface area contributed by atoms with Gasteiger partial charge < -0.3 is 20.7 Å². The smallest absolute Gasteiger partial charge is 0.418 e. The Morgan fingerprint density at radius 3 is 2.45 bits per heavy atom. The van der Waals surface area contributed by atoms with Crippen LogP contribution >= 0.6 is 0 Å². The van der Waals surface area contributed by atoms with Crippen molar-refractivity contribution in [3.63, 3.8) is 0 Å². The lowest BCUT2D eigenvalue weighted by Crippen LogP contribution is -2.46. The molecule has 9 heteroatoms. The molecule has 2 aromatic carbocycles. The molecule has 1 atom stereocenters. The molecule has 0 aliphatic carbocycles. The van der Waals surface area contributed by atoms with Gasteiger partial charge in [-0.15, -0.1) is 0 Å². The minimum absolute atomic E-state index is 0.0751. The van der Waals surface area contributed by atoms with Crippen LogP contribution in [0.4, 0.5) is 23.7 Å². The third kappa shape index (κ3) is 4.18. The molecule has 0 unspecified atom stereocenters. The SMILES string of the molecule is COc1ccccc1[C@H]1NC(=O)NC(C)=C1C(=O)Nc1ccccc1C(F)(F)F. The lowest BCUT2D eigenvalue weighted by Gasteiger charge is -2.29. The van der Waals surface area contributed by atoms with Gasteiger partial charge in [-0.2, -0.15) is 13.2 Å². The Kier molecular flexibility index (Phi) is 5.49. The zero-order valence-corrected chi connectivity index (χ0v) is 15.6. The van der Waals surface area contributed by atoms with E-state index in [2.05, 4.69) is 16.0 Å². The van der Waals surface area contributed by atoms with Gasteiger partial charge in [0.2, 0.25) is 0 Å². The second-order valence-electron chi connectivity index (χ2n) is 6.31. The van der Waals surface area contributed by atoms with E-state index < -0.39 is 29.7 Å². The van der Waals surface area contributed by atoms with Crippen LogP contribution in [-0.4, -0.2) is 19.0 Å². The van der Waals surface area contributed by atoms with Crippen molar-refractivity contribution in [3.05, 3.63) is 70.9 Å². The summed E-state index contributed by atoms with van der Waals surface area (Å²) in [7, 11) is 1.44. The average Bonchev–Trinajstić information content (AvgIpc) is 2.66. The van der Waals surface area contributed by atoms with E-state index in [0.717, 1.165) is 6.07 Å². The molecule has 3 N–H and O–H groups in total. The van der Waals surface area contributed by atoms with Gasteiger partial charge in [0.25, 0.3) is 5.91 Å². The monoisotopic (exact) mass is 405 g/mol. The minimum atomic E-state index is -4.63. The molecule has 0 spiro atoms. The van der Waals surface area contributed by atoms with Crippen molar-refractivity contribution in [2.24, 2.45) is 0 Å². The van der Waals surface area contributed by atoms with E-state index in [-0.39, 0.29) is 17.0 Å². The lowest BCUT2D eigenvalue weighted by atomic mass is 9.94. The molecule has 1 heterocycles. The zero-order chi connectivity index (χ0) is 21.2. The highest BCUT2D eigenvalue weighted by Gasteiger charge is 2.36. The first-order valence-electron chi connectivity index (χ1n) is 8.61. The number of para-hydroxylation sites is 2. The number of carbonyl (C=O) groups is 2. The Hall–Kier alpha value is -3.49. The van der Waals surface area contributed by atoms with E-state index >= 15 is 0 Å². The summed E-state index contributed by atoms with van der Waals surface area (Å²) < 4.78 is 45.1. The van der Waals surface area contributed by atoms with Gasteiger partial charge in [-0.3, -0.25) is 4.79 Å². The number of halogens is 3. The normalized spacial score (nSPS) is 16.7. The van der Waals surface area contributed by atoms with E-state index in [4.69, 9.17) is 4.74 Å². The minimum Gasteiger partial charge on any atom is -0.496 e. The van der Waals surface area contributed by atoms with Gasteiger partial charge in [-0.1, -0.05) is 30.3 Å². The van der Waals surface area contributed by atoms with Gasteiger partial charge in [0.05, 0.1) is 30.0 Å². The second-order valence-corrected chi connectivity index (χ2v) is 6.31. The molecule has 0 saturated heterocycles. The summed E-state index contributed by atoms with van der Waals surface area (Å²) in [5, 5.41) is 7.43. The lowest BCUT2D eigenvalue weighted by molar-refractivity contribution is -0.137. The summed E-state index contributed by atoms with van der Waals surface area (Å²) >= 11 is 0. The van der Waals surface area contributed by atoms with E-state index in [1.54, 1.807) is 24.3 Å². The molecule has 0 fully saturated rings. The van der Waals surface area contributed by atoms with Crippen molar-refractivity contribution in [1.29, 1.82) is 0 Å². The fraction of sp³-hybridized carbons (Fsp3) is 0.200. The maximum atomic E-state index is 13.3. The quantitative estimate of drug-likeness (QED) is 0.720. The maximum Gasteiger partial charge on any atom is 0.418 e. The van der Waals surface area contributed by atoms with Crippen molar-refractivity contribution in [3.8, 4) is 5.75 Å². The summed E-state index contributed by atoms with van der Waals surface area (Å²) in [6.07, 6.45) is -4.63. The van der Waals surface area contributed by atoms with Crippen molar-refractivity contribution in [2.45, 2.75) is 19.1 Å². The number of hydrogen-bond acceptors (Lipinski definition) is 3. The molecular weight excluding hydrogens is 387 g/mol. The Balaban J connectivity index is 2.02. The summed E-state index contributed by atoms with van der Waals surface area (Å²) in [6, 6.07) is 10.00. The number of rotatable bonds is 4. The number of anilines is 1. The Bertz CT molecular complexity index is 986. The topological polar surface area (TPSA) is 79.5 Å². The van der Waals surface area contributed by atoms with Crippen LogP contribution in [0.1, 0.15) is 24.1 Å². The third-order valence-electron chi connectivity index (χ3n) is 4.44. The summed E-state index contributed by atoms with van der Waals surface area (Å²) in [4.78, 5) is 25.0. The van der Waals surface area contributed by atoms with Crippen LogP contribution in [0.25, 0.3) is 0 Å². The van der Waals surface area contributed by atoms with Gasteiger partial charge >= 0.3 is 12.2 Å². The summed E-state index contributed by atoms with van der Waals surface area (Å²) in [5.74, 6) is -0.351. The summed E-state index contributed by atoms with van der Waals surface area (Å²) in [6.45, 7) is 1.51. The highest BCUT2D eigenvalue weighted by molar-refractivity contribution is 6.07. The Morgan fingerprint density at radius 1 is 1.10 bits per heavy atom. The Labute approximate surface area is 164 Å². The average molecular weight is 405 g/mol. The first-order chi connectivity index (χ1) is 13.7. The molecule has 0 saturated carbocycles. The highest BCUT2D eigenvalue weighted by Crippen LogP contribution is 2.36. The van der Waals surface area contributed by atoms with Crippen molar-refractivity contribution >= 4 is 17.6 Å². The van der Waals surface area contributed by atoms with Crippen LogP contribution in [0.2, 0.25) is 0 Å². The summed E-state index contributed by atoms with van der Waals surface area (Å²) in [5.41, 5.74) is -0.537.